The van der Waals surface area contributed by atoms with Crippen molar-refractivity contribution >= 4 is 51.5 Å². The summed E-state index contributed by atoms with van der Waals surface area (Å²) in [5, 5.41) is 2.95. The third kappa shape index (κ3) is 8.58. The van der Waals surface area contributed by atoms with E-state index >= 15 is 0 Å². The average Bonchev–Trinajstić information content (AvgIpc) is 3.09. The summed E-state index contributed by atoms with van der Waals surface area (Å²) < 4.78 is 47.7. The summed E-state index contributed by atoms with van der Waals surface area (Å²) in [6, 6.07) is 39.6. The molecule has 5 nitrogen and oxygen atoms in total. The fourth-order valence-corrected chi connectivity index (χ4v) is 15.5. The number of ether oxygens (including phenoxy) is 2. The van der Waals surface area contributed by atoms with Gasteiger partial charge in [-0.25, -0.2) is 0 Å². The molecule has 0 fully saturated rings. The summed E-state index contributed by atoms with van der Waals surface area (Å²) in [7, 11) is -1.21. The molecule has 7 heteroatoms. The number of rotatable bonds is 6. The fourth-order valence-electron chi connectivity index (χ4n) is 6.71. The third-order valence-electron chi connectivity index (χ3n) is 9.26. The first-order valence-electron chi connectivity index (χ1n) is 17.8. The van der Waals surface area contributed by atoms with Crippen LogP contribution < -0.4 is 9.47 Å². The summed E-state index contributed by atoms with van der Waals surface area (Å²) in [5.74, 6) is 1.17. The van der Waals surface area contributed by atoms with Crippen molar-refractivity contribution < 1.29 is 22.4 Å². The standard InChI is InChI=1S/C30H39I.C16H14O5S/c1-28(2,3)22-16-10-13-19-25(22)31(26-20-14-11-17-23(26)29(4,5)6)27-21-15-12-18-24(27)30(7,8)9;1-20-15-11-5-3-4-6-12(11)16(21-2)14-9-10(22(17,18)19)7-8-13(14)15/h10-21H,1-9H3;3-9H,1-2H3,(H,17,18,19). The number of benzene rings is 6. The first-order chi connectivity index (χ1) is 24.8. The molecule has 0 radical (unpaired) electrons. The van der Waals surface area contributed by atoms with Gasteiger partial charge in [0.25, 0.3) is 10.1 Å². The molecule has 53 heavy (non-hydrogen) atoms. The molecule has 0 aromatic heterocycles. The van der Waals surface area contributed by atoms with E-state index in [1.54, 1.807) is 23.9 Å². The Balaban J connectivity index is 0.000000216. The number of halogens is 1. The van der Waals surface area contributed by atoms with E-state index in [9.17, 15) is 13.0 Å². The molecule has 6 aromatic carbocycles. The maximum atomic E-state index is 11.4. The minimum Gasteiger partial charge on any atom is -0.495 e. The number of methoxy groups -OCH3 is 2. The van der Waals surface area contributed by atoms with Gasteiger partial charge in [0.15, 0.2) is 0 Å². The van der Waals surface area contributed by atoms with Crippen molar-refractivity contribution in [1.29, 1.82) is 0 Å². The van der Waals surface area contributed by atoms with Crippen LogP contribution in [0, 0.1) is 10.7 Å². The van der Waals surface area contributed by atoms with Gasteiger partial charge in [0.05, 0.1) is 19.1 Å². The Morgan fingerprint density at radius 1 is 0.472 bits per heavy atom. The smallest absolute Gasteiger partial charge is 0.294 e. The fraction of sp³-hybridized carbons (Fsp3) is 0.304. The molecular formula is C46H53IO5S. The number of hydrogen-bond donors (Lipinski definition) is 1. The molecule has 6 aromatic rings. The van der Waals surface area contributed by atoms with Crippen molar-refractivity contribution in [2.75, 3.05) is 14.2 Å². The van der Waals surface area contributed by atoms with Crippen LogP contribution in [0.4, 0.5) is 0 Å². The van der Waals surface area contributed by atoms with E-state index in [1.165, 1.54) is 35.9 Å². The minimum atomic E-state index is -4.29. The molecule has 0 saturated heterocycles. The van der Waals surface area contributed by atoms with Gasteiger partial charge < -0.3 is 9.47 Å². The van der Waals surface area contributed by atoms with Crippen LogP contribution in [0.2, 0.25) is 0 Å². The monoisotopic (exact) mass is 844 g/mol. The largest absolute Gasteiger partial charge is 0.495 e. The molecule has 0 bridgehead atoms. The van der Waals surface area contributed by atoms with Crippen LogP contribution >= 0.6 is 19.8 Å². The number of hydrogen-bond acceptors (Lipinski definition) is 4. The predicted octanol–water partition coefficient (Wildman–Crippen LogP) is 12.3. The Labute approximate surface area is 323 Å². The topological polar surface area (TPSA) is 72.8 Å². The van der Waals surface area contributed by atoms with Gasteiger partial charge in [0, 0.05) is 21.5 Å². The zero-order valence-electron chi connectivity index (χ0n) is 32.8. The van der Waals surface area contributed by atoms with Gasteiger partial charge >= 0.3 is 199 Å². The van der Waals surface area contributed by atoms with E-state index in [2.05, 4.69) is 135 Å². The maximum Gasteiger partial charge on any atom is 0.294 e. The van der Waals surface area contributed by atoms with Crippen LogP contribution in [0.1, 0.15) is 79.0 Å². The van der Waals surface area contributed by atoms with Crippen LogP contribution in [0.15, 0.2) is 120 Å². The summed E-state index contributed by atoms with van der Waals surface area (Å²) in [4.78, 5) is -0.185. The van der Waals surface area contributed by atoms with Gasteiger partial charge in [-0.2, -0.15) is 8.42 Å². The molecule has 280 valence electrons. The van der Waals surface area contributed by atoms with Crippen LogP contribution in [0.5, 0.6) is 11.5 Å². The Bertz CT molecular complexity index is 2220. The quantitative estimate of drug-likeness (QED) is 0.103. The van der Waals surface area contributed by atoms with Crippen molar-refractivity contribution in [2.24, 2.45) is 0 Å². The summed E-state index contributed by atoms with van der Waals surface area (Å²) >= 11 is -1.97. The summed E-state index contributed by atoms with van der Waals surface area (Å²) in [5.41, 5.74) is 4.81. The van der Waals surface area contributed by atoms with Crippen molar-refractivity contribution in [1.82, 2.24) is 0 Å². The SMILES string of the molecule is CC(C)(C)c1ccccc1I(c1ccccc1C(C)(C)C)c1ccccc1C(C)(C)C.COc1c2ccccc2c(OC)c2cc(S(=O)(=O)O)ccc12. The second kappa shape index (κ2) is 15.4. The predicted molar refractivity (Wildman–Crippen MR) is 230 cm³/mol. The Kier molecular flexibility index (Phi) is 11.7. The summed E-state index contributed by atoms with van der Waals surface area (Å²) in [6.45, 7) is 21.2. The van der Waals surface area contributed by atoms with Crippen molar-refractivity contribution in [2.45, 2.75) is 83.5 Å². The molecule has 0 spiro atoms. The average molecular weight is 845 g/mol. The van der Waals surface area contributed by atoms with E-state index in [0.29, 0.717) is 22.3 Å². The van der Waals surface area contributed by atoms with Crippen LogP contribution in [0.3, 0.4) is 0 Å². The van der Waals surface area contributed by atoms with Crippen LogP contribution in [0.25, 0.3) is 21.5 Å². The first-order valence-corrected chi connectivity index (χ1v) is 22.5. The van der Waals surface area contributed by atoms with E-state index < -0.39 is 29.9 Å². The van der Waals surface area contributed by atoms with Gasteiger partial charge in [0.2, 0.25) is 0 Å². The maximum absolute atomic E-state index is 11.4. The van der Waals surface area contributed by atoms with E-state index in [0.717, 1.165) is 10.8 Å². The van der Waals surface area contributed by atoms with E-state index in [-0.39, 0.29) is 21.1 Å². The number of fused-ring (bicyclic) bond motifs is 2. The third-order valence-corrected chi connectivity index (χ3v) is 16.4. The molecule has 0 saturated carbocycles. The Morgan fingerprint density at radius 2 is 0.792 bits per heavy atom. The van der Waals surface area contributed by atoms with Gasteiger partial charge in [-0.3, -0.25) is 4.55 Å². The van der Waals surface area contributed by atoms with Crippen molar-refractivity contribution in [3.8, 4) is 11.5 Å². The minimum absolute atomic E-state index is 0.111. The van der Waals surface area contributed by atoms with Gasteiger partial charge in [0.1, 0.15) is 11.5 Å². The normalized spacial score (nSPS) is 12.6. The zero-order valence-corrected chi connectivity index (χ0v) is 35.8. The van der Waals surface area contributed by atoms with Crippen LogP contribution in [-0.4, -0.2) is 27.2 Å². The molecule has 6 rings (SSSR count). The molecular weight excluding hydrogens is 791 g/mol. The van der Waals surface area contributed by atoms with Gasteiger partial charge in [-0.05, 0) is 18.2 Å². The molecule has 0 unspecified atom stereocenters. The Hall–Kier alpha value is -3.92. The molecule has 0 aliphatic rings. The zero-order chi connectivity index (χ0) is 38.9. The van der Waals surface area contributed by atoms with E-state index in [1.807, 2.05) is 24.3 Å². The molecule has 0 heterocycles. The molecule has 0 atom stereocenters. The van der Waals surface area contributed by atoms with E-state index in [4.69, 9.17) is 9.47 Å². The molecule has 0 aliphatic heterocycles. The summed E-state index contributed by atoms with van der Waals surface area (Å²) in [6.07, 6.45) is 0. The van der Waals surface area contributed by atoms with Crippen LogP contribution in [-0.2, 0) is 26.4 Å². The Morgan fingerprint density at radius 3 is 1.13 bits per heavy atom. The van der Waals surface area contributed by atoms with Gasteiger partial charge in [-0.1, -0.05) is 24.3 Å². The van der Waals surface area contributed by atoms with Crippen molar-refractivity contribution in [3.63, 3.8) is 0 Å². The molecule has 1 N–H and O–H groups in total. The second-order valence-corrected chi connectivity index (χ2v) is 22.8. The second-order valence-electron chi connectivity index (χ2n) is 16.3. The van der Waals surface area contributed by atoms with Gasteiger partial charge in [-0.15, -0.1) is 0 Å². The first kappa shape index (κ1) is 40.3. The molecule has 0 aliphatic carbocycles. The van der Waals surface area contributed by atoms with Crippen molar-refractivity contribution in [3.05, 3.63) is 143 Å². The molecule has 0 amide bonds.